The fraction of sp³-hybridized carbons (Fsp3) is 0.417. The van der Waals surface area contributed by atoms with Crippen molar-refractivity contribution in [1.82, 2.24) is 5.32 Å². The van der Waals surface area contributed by atoms with E-state index < -0.39 is 5.54 Å². The summed E-state index contributed by atoms with van der Waals surface area (Å²) >= 11 is 1.17. The zero-order valence-electron chi connectivity index (χ0n) is 9.28. The van der Waals surface area contributed by atoms with Gasteiger partial charge in [-0.05, 0) is 25.0 Å². The molecule has 5 heteroatoms. The largest absolute Gasteiger partial charge is 0.394 e. The monoisotopic (exact) mass is 255 g/mol. The van der Waals surface area contributed by atoms with Crippen LogP contribution in [0.5, 0.6) is 0 Å². The summed E-state index contributed by atoms with van der Waals surface area (Å²) in [5.41, 5.74) is -0.396. The molecule has 1 aliphatic carbocycles. The SMILES string of the molecule is O=C(CSc1ccccc1F)NC1(CO)CC1. The highest BCUT2D eigenvalue weighted by Gasteiger charge is 2.43. The molecule has 2 N–H and O–H groups in total. The van der Waals surface area contributed by atoms with Crippen LogP contribution in [0.3, 0.4) is 0 Å². The van der Waals surface area contributed by atoms with Crippen LogP contribution in [0.1, 0.15) is 12.8 Å². The Morgan fingerprint density at radius 3 is 2.76 bits per heavy atom. The standard InChI is InChI=1S/C12H14FNO2S/c13-9-3-1-2-4-10(9)17-7-11(16)14-12(8-15)5-6-12/h1-4,15H,5-8H2,(H,14,16). The van der Waals surface area contributed by atoms with Gasteiger partial charge in [0.15, 0.2) is 0 Å². The van der Waals surface area contributed by atoms with E-state index in [1.165, 1.54) is 17.8 Å². The summed E-state index contributed by atoms with van der Waals surface area (Å²) in [7, 11) is 0. The Morgan fingerprint density at radius 1 is 1.47 bits per heavy atom. The number of carbonyl (C=O) groups is 1. The third-order valence-corrected chi connectivity index (χ3v) is 3.80. The maximum atomic E-state index is 13.3. The zero-order chi connectivity index (χ0) is 12.3. The molecule has 0 aliphatic heterocycles. The minimum Gasteiger partial charge on any atom is -0.394 e. The van der Waals surface area contributed by atoms with Crippen LogP contribution in [0.25, 0.3) is 0 Å². The van der Waals surface area contributed by atoms with Gasteiger partial charge in [0.25, 0.3) is 0 Å². The molecule has 1 saturated carbocycles. The maximum absolute atomic E-state index is 13.3. The fourth-order valence-corrected chi connectivity index (χ4v) is 2.25. The molecule has 0 atom stereocenters. The molecule has 1 aromatic rings. The van der Waals surface area contributed by atoms with E-state index in [-0.39, 0.29) is 24.1 Å². The van der Waals surface area contributed by atoms with Crippen LogP contribution in [0.2, 0.25) is 0 Å². The Hall–Kier alpha value is -1.07. The highest BCUT2D eigenvalue weighted by atomic mass is 32.2. The lowest BCUT2D eigenvalue weighted by Gasteiger charge is -2.13. The van der Waals surface area contributed by atoms with Crippen molar-refractivity contribution >= 4 is 17.7 Å². The summed E-state index contributed by atoms with van der Waals surface area (Å²) < 4.78 is 13.3. The van der Waals surface area contributed by atoms with E-state index in [2.05, 4.69) is 5.32 Å². The number of amides is 1. The topological polar surface area (TPSA) is 49.3 Å². The molecular formula is C12H14FNO2S. The van der Waals surface area contributed by atoms with E-state index in [1.807, 2.05) is 0 Å². The van der Waals surface area contributed by atoms with E-state index in [4.69, 9.17) is 5.11 Å². The molecule has 1 amide bonds. The van der Waals surface area contributed by atoms with Crippen LogP contribution in [0.4, 0.5) is 4.39 Å². The van der Waals surface area contributed by atoms with Gasteiger partial charge in [-0.15, -0.1) is 11.8 Å². The smallest absolute Gasteiger partial charge is 0.230 e. The van der Waals surface area contributed by atoms with Crippen molar-refractivity contribution in [2.75, 3.05) is 12.4 Å². The molecule has 1 aromatic carbocycles. The van der Waals surface area contributed by atoms with Gasteiger partial charge in [-0.25, -0.2) is 4.39 Å². The molecule has 2 rings (SSSR count). The number of carbonyl (C=O) groups excluding carboxylic acids is 1. The third kappa shape index (κ3) is 3.20. The molecule has 92 valence electrons. The molecule has 3 nitrogen and oxygen atoms in total. The number of hydrogen-bond donors (Lipinski definition) is 2. The van der Waals surface area contributed by atoms with Gasteiger partial charge in [-0.3, -0.25) is 4.79 Å². The predicted molar refractivity (Wildman–Crippen MR) is 64.3 cm³/mol. The normalized spacial score (nSPS) is 16.6. The minimum atomic E-state index is -0.396. The van der Waals surface area contributed by atoms with Gasteiger partial charge in [-0.2, -0.15) is 0 Å². The molecule has 1 fully saturated rings. The number of nitrogens with one attached hydrogen (secondary N) is 1. The second-order valence-corrected chi connectivity index (χ2v) is 5.22. The first-order chi connectivity index (χ1) is 8.15. The summed E-state index contributed by atoms with van der Waals surface area (Å²) in [6.45, 7) is -0.0247. The lowest BCUT2D eigenvalue weighted by atomic mass is 10.3. The molecule has 0 aromatic heterocycles. The number of halogens is 1. The molecule has 0 saturated heterocycles. The summed E-state index contributed by atoms with van der Waals surface area (Å²) in [6, 6.07) is 6.37. The van der Waals surface area contributed by atoms with Crippen molar-refractivity contribution in [1.29, 1.82) is 0 Å². The highest BCUT2D eigenvalue weighted by Crippen LogP contribution is 2.34. The van der Waals surface area contributed by atoms with Gasteiger partial charge >= 0.3 is 0 Å². The van der Waals surface area contributed by atoms with Crippen LogP contribution in [0, 0.1) is 5.82 Å². The van der Waals surface area contributed by atoms with Crippen LogP contribution < -0.4 is 5.32 Å². The van der Waals surface area contributed by atoms with Crippen LogP contribution >= 0.6 is 11.8 Å². The number of rotatable bonds is 5. The Balaban J connectivity index is 1.82. The lowest BCUT2D eigenvalue weighted by Crippen LogP contribution is -2.40. The number of aliphatic hydroxyl groups excluding tert-OH is 1. The third-order valence-electron chi connectivity index (χ3n) is 2.76. The van der Waals surface area contributed by atoms with Crippen molar-refractivity contribution < 1.29 is 14.3 Å². The summed E-state index contributed by atoms with van der Waals surface area (Å²) in [5.74, 6) is -0.304. The molecule has 0 radical (unpaired) electrons. The van der Waals surface area contributed by atoms with Gasteiger partial charge in [0, 0.05) is 4.90 Å². The molecule has 1 aliphatic rings. The van der Waals surface area contributed by atoms with Crippen LogP contribution in [-0.2, 0) is 4.79 Å². The number of thioether (sulfide) groups is 1. The second-order valence-electron chi connectivity index (χ2n) is 4.21. The van der Waals surface area contributed by atoms with E-state index >= 15 is 0 Å². The Bertz CT molecular complexity index is 421. The van der Waals surface area contributed by atoms with E-state index in [9.17, 15) is 9.18 Å². The number of hydrogen-bond acceptors (Lipinski definition) is 3. The van der Waals surface area contributed by atoms with Gasteiger partial charge in [0.1, 0.15) is 5.82 Å². The minimum absolute atomic E-state index is 0.0247. The van der Waals surface area contributed by atoms with Crippen molar-refractivity contribution in [3.8, 4) is 0 Å². The molecule has 0 bridgehead atoms. The van der Waals surface area contributed by atoms with Crippen LogP contribution in [-0.4, -0.2) is 28.9 Å². The molecule has 0 heterocycles. The fourth-order valence-electron chi connectivity index (χ4n) is 1.51. The van der Waals surface area contributed by atoms with E-state index in [0.717, 1.165) is 12.8 Å². The van der Waals surface area contributed by atoms with Gasteiger partial charge in [-0.1, -0.05) is 12.1 Å². The highest BCUT2D eigenvalue weighted by molar-refractivity contribution is 8.00. The lowest BCUT2D eigenvalue weighted by molar-refractivity contribution is -0.119. The number of benzene rings is 1. The van der Waals surface area contributed by atoms with Gasteiger partial charge in [0.2, 0.25) is 5.91 Å². The molecule has 0 spiro atoms. The van der Waals surface area contributed by atoms with Crippen molar-refractivity contribution in [3.63, 3.8) is 0 Å². The Kier molecular flexibility index (Phi) is 3.69. The Labute approximate surface area is 103 Å². The van der Waals surface area contributed by atoms with Crippen molar-refractivity contribution in [3.05, 3.63) is 30.1 Å². The average Bonchev–Trinajstić information content (AvgIpc) is 3.08. The first kappa shape index (κ1) is 12.4. The maximum Gasteiger partial charge on any atom is 0.230 e. The van der Waals surface area contributed by atoms with Crippen molar-refractivity contribution in [2.45, 2.75) is 23.3 Å². The van der Waals surface area contributed by atoms with Gasteiger partial charge in [0.05, 0.1) is 17.9 Å². The first-order valence-electron chi connectivity index (χ1n) is 5.44. The first-order valence-corrected chi connectivity index (χ1v) is 6.43. The Morgan fingerprint density at radius 2 is 2.18 bits per heavy atom. The zero-order valence-corrected chi connectivity index (χ0v) is 10.1. The molecular weight excluding hydrogens is 241 g/mol. The molecule has 17 heavy (non-hydrogen) atoms. The van der Waals surface area contributed by atoms with Gasteiger partial charge < -0.3 is 10.4 Å². The average molecular weight is 255 g/mol. The van der Waals surface area contributed by atoms with Crippen molar-refractivity contribution in [2.24, 2.45) is 0 Å². The van der Waals surface area contributed by atoms with E-state index in [0.29, 0.717) is 4.90 Å². The number of aliphatic hydroxyl groups is 1. The summed E-state index contributed by atoms with van der Waals surface area (Å²) in [5, 5.41) is 11.8. The quantitative estimate of drug-likeness (QED) is 0.785. The summed E-state index contributed by atoms with van der Waals surface area (Å²) in [4.78, 5) is 12.0. The second kappa shape index (κ2) is 5.06. The van der Waals surface area contributed by atoms with E-state index in [1.54, 1.807) is 18.2 Å². The summed E-state index contributed by atoms with van der Waals surface area (Å²) in [6.07, 6.45) is 1.64. The molecule has 0 unspecified atom stereocenters. The predicted octanol–water partition coefficient (Wildman–Crippen LogP) is 1.56. The van der Waals surface area contributed by atoms with Crippen LogP contribution in [0.15, 0.2) is 29.2 Å².